The lowest BCUT2D eigenvalue weighted by Crippen LogP contribution is -2.55. The van der Waals surface area contributed by atoms with Crippen LogP contribution in [0.5, 0.6) is 0 Å². The summed E-state index contributed by atoms with van der Waals surface area (Å²) in [6.45, 7) is 5.44. The van der Waals surface area contributed by atoms with Crippen LogP contribution in [0.4, 0.5) is 0 Å². The summed E-state index contributed by atoms with van der Waals surface area (Å²) in [6.07, 6.45) is 13.6. The lowest BCUT2D eigenvalue weighted by atomic mass is 9.71. The molecule has 1 unspecified atom stereocenters. The van der Waals surface area contributed by atoms with E-state index in [9.17, 15) is 0 Å². The van der Waals surface area contributed by atoms with Gasteiger partial charge in [0, 0.05) is 12.6 Å². The highest BCUT2D eigenvalue weighted by atomic mass is 16.5. The first-order valence-corrected chi connectivity index (χ1v) is 9.03. The van der Waals surface area contributed by atoms with Crippen LogP contribution in [0.2, 0.25) is 0 Å². The van der Waals surface area contributed by atoms with Crippen LogP contribution in [-0.4, -0.2) is 25.3 Å². The zero-order chi connectivity index (χ0) is 14.4. The van der Waals surface area contributed by atoms with Crippen molar-refractivity contribution in [1.82, 2.24) is 5.32 Å². The molecule has 2 aliphatic rings. The van der Waals surface area contributed by atoms with Gasteiger partial charge in [-0.25, -0.2) is 0 Å². The molecule has 0 bridgehead atoms. The van der Waals surface area contributed by atoms with E-state index in [1.807, 2.05) is 0 Å². The molecule has 0 aromatic rings. The fourth-order valence-electron chi connectivity index (χ4n) is 4.71. The predicted molar refractivity (Wildman–Crippen MR) is 86.0 cm³/mol. The zero-order valence-electron chi connectivity index (χ0n) is 13.9. The zero-order valence-corrected chi connectivity index (χ0v) is 13.9. The molecule has 2 aliphatic carbocycles. The Morgan fingerprint density at radius 2 is 1.65 bits per heavy atom. The van der Waals surface area contributed by atoms with Crippen LogP contribution >= 0.6 is 0 Å². The van der Waals surface area contributed by atoms with Gasteiger partial charge in [-0.1, -0.05) is 45.4 Å². The van der Waals surface area contributed by atoms with E-state index in [-0.39, 0.29) is 5.60 Å². The lowest BCUT2D eigenvalue weighted by molar-refractivity contribution is -0.0926. The van der Waals surface area contributed by atoms with Crippen molar-refractivity contribution < 1.29 is 4.74 Å². The van der Waals surface area contributed by atoms with E-state index in [0.717, 1.165) is 18.4 Å². The van der Waals surface area contributed by atoms with Gasteiger partial charge in [0.25, 0.3) is 0 Å². The molecule has 118 valence electrons. The molecule has 0 aromatic carbocycles. The smallest absolute Gasteiger partial charge is 0.0837 e. The van der Waals surface area contributed by atoms with E-state index in [4.69, 9.17) is 4.74 Å². The molecule has 0 heterocycles. The topological polar surface area (TPSA) is 21.3 Å². The highest BCUT2D eigenvalue weighted by Gasteiger charge is 2.43. The first kappa shape index (κ1) is 16.3. The number of nitrogens with one attached hydrogen (secondary N) is 1. The van der Waals surface area contributed by atoms with Crippen LogP contribution in [0.25, 0.3) is 0 Å². The minimum atomic E-state index is 0.116. The van der Waals surface area contributed by atoms with E-state index in [1.165, 1.54) is 64.2 Å². The molecule has 2 heteroatoms. The van der Waals surface area contributed by atoms with E-state index < -0.39 is 0 Å². The summed E-state index contributed by atoms with van der Waals surface area (Å²) >= 11 is 0. The predicted octanol–water partition coefficient (Wildman–Crippen LogP) is 4.53. The number of hydrogen-bond donors (Lipinski definition) is 1. The third kappa shape index (κ3) is 3.76. The Labute approximate surface area is 126 Å². The van der Waals surface area contributed by atoms with Gasteiger partial charge in [-0.05, 0) is 51.5 Å². The molecular weight excluding hydrogens is 246 g/mol. The summed E-state index contributed by atoms with van der Waals surface area (Å²) in [5, 5.41) is 3.68. The molecule has 1 N–H and O–H groups in total. The number of rotatable bonds is 5. The molecule has 2 fully saturated rings. The summed E-state index contributed by atoms with van der Waals surface area (Å²) in [6, 6.07) is 0.563. The van der Waals surface area contributed by atoms with Crippen LogP contribution in [0.1, 0.15) is 78.1 Å². The fraction of sp³-hybridized carbons (Fsp3) is 1.00. The highest BCUT2D eigenvalue weighted by Crippen LogP contribution is 2.41. The molecule has 20 heavy (non-hydrogen) atoms. The van der Waals surface area contributed by atoms with Crippen molar-refractivity contribution in [1.29, 1.82) is 0 Å². The van der Waals surface area contributed by atoms with Gasteiger partial charge in [-0.3, -0.25) is 0 Å². The van der Waals surface area contributed by atoms with E-state index in [2.05, 4.69) is 26.2 Å². The third-order valence-electron chi connectivity index (χ3n) is 5.79. The fourth-order valence-corrected chi connectivity index (χ4v) is 4.71. The second kappa shape index (κ2) is 7.79. The number of ether oxygens (including phenoxy) is 1. The van der Waals surface area contributed by atoms with Crippen molar-refractivity contribution in [3.05, 3.63) is 0 Å². The highest BCUT2D eigenvalue weighted by molar-refractivity contribution is 4.98. The van der Waals surface area contributed by atoms with Crippen LogP contribution in [-0.2, 0) is 4.74 Å². The molecule has 2 rings (SSSR count). The van der Waals surface area contributed by atoms with Gasteiger partial charge in [0.15, 0.2) is 0 Å². The maximum absolute atomic E-state index is 6.42. The average Bonchev–Trinajstić information content (AvgIpc) is 2.69. The quantitative estimate of drug-likeness (QED) is 0.748. The minimum absolute atomic E-state index is 0.116. The van der Waals surface area contributed by atoms with Gasteiger partial charge in [0.05, 0.1) is 5.60 Å². The van der Waals surface area contributed by atoms with Crippen LogP contribution < -0.4 is 5.32 Å². The van der Waals surface area contributed by atoms with Gasteiger partial charge in [0.1, 0.15) is 0 Å². The summed E-state index contributed by atoms with van der Waals surface area (Å²) in [5.74, 6) is 1.75. The number of likely N-dealkylation sites (N-methyl/N-ethyl adjacent to an activating group) is 1. The first-order chi connectivity index (χ1) is 9.72. The molecular formula is C18H35NO. The molecule has 2 saturated carbocycles. The van der Waals surface area contributed by atoms with Gasteiger partial charge < -0.3 is 10.1 Å². The van der Waals surface area contributed by atoms with Crippen molar-refractivity contribution in [2.75, 3.05) is 13.7 Å². The maximum Gasteiger partial charge on any atom is 0.0837 e. The normalized spacial score (nSPS) is 32.5. The van der Waals surface area contributed by atoms with E-state index >= 15 is 0 Å². The van der Waals surface area contributed by atoms with Crippen molar-refractivity contribution >= 4 is 0 Å². The van der Waals surface area contributed by atoms with Crippen LogP contribution in [0, 0.1) is 11.8 Å². The minimum Gasteiger partial charge on any atom is -0.374 e. The maximum atomic E-state index is 6.42. The second-order valence-electron chi connectivity index (χ2n) is 7.20. The molecule has 0 spiro atoms. The monoisotopic (exact) mass is 281 g/mol. The largest absolute Gasteiger partial charge is 0.374 e. The summed E-state index contributed by atoms with van der Waals surface area (Å²) in [5.41, 5.74) is 0.116. The second-order valence-corrected chi connectivity index (χ2v) is 7.20. The van der Waals surface area contributed by atoms with E-state index in [0.29, 0.717) is 6.04 Å². The van der Waals surface area contributed by atoms with Crippen LogP contribution in [0.15, 0.2) is 0 Å². The molecule has 1 atom stereocenters. The first-order valence-electron chi connectivity index (χ1n) is 9.03. The Kier molecular flexibility index (Phi) is 6.35. The van der Waals surface area contributed by atoms with Crippen molar-refractivity contribution in [3.8, 4) is 0 Å². The van der Waals surface area contributed by atoms with Gasteiger partial charge in [0.2, 0.25) is 0 Å². The van der Waals surface area contributed by atoms with Gasteiger partial charge in [-0.2, -0.15) is 0 Å². The molecule has 0 saturated heterocycles. The van der Waals surface area contributed by atoms with Crippen molar-refractivity contribution in [2.45, 2.75) is 89.7 Å². The Hall–Kier alpha value is -0.0800. The van der Waals surface area contributed by atoms with E-state index in [1.54, 1.807) is 0 Å². The Balaban J connectivity index is 2.11. The summed E-state index contributed by atoms with van der Waals surface area (Å²) in [7, 11) is 2.16. The number of hydrogen-bond acceptors (Lipinski definition) is 2. The SMILES string of the molecule is CCOC1(C(NC)C2CCC(C)CC2)CCCCCC1. The van der Waals surface area contributed by atoms with Crippen LogP contribution in [0.3, 0.4) is 0 Å². The molecule has 2 nitrogen and oxygen atoms in total. The average molecular weight is 281 g/mol. The standard InChI is InChI=1S/C18H35NO/c1-4-20-18(13-7-5-6-8-14-18)17(19-3)16-11-9-15(2)10-12-16/h15-17,19H,4-14H2,1-3H3. The van der Waals surface area contributed by atoms with Crippen molar-refractivity contribution in [2.24, 2.45) is 11.8 Å². The summed E-state index contributed by atoms with van der Waals surface area (Å²) < 4.78 is 6.42. The molecule has 0 aliphatic heterocycles. The molecule has 0 aromatic heterocycles. The molecule has 0 amide bonds. The molecule has 0 radical (unpaired) electrons. The Bertz CT molecular complexity index is 263. The third-order valence-corrected chi connectivity index (χ3v) is 5.79. The lowest BCUT2D eigenvalue weighted by Gasteiger charge is -2.45. The summed E-state index contributed by atoms with van der Waals surface area (Å²) in [4.78, 5) is 0. The van der Waals surface area contributed by atoms with Crippen molar-refractivity contribution in [3.63, 3.8) is 0 Å². The van der Waals surface area contributed by atoms with Gasteiger partial charge in [-0.15, -0.1) is 0 Å². The Morgan fingerprint density at radius 3 is 2.15 bits per heavy atom. The Morgan fingerprint density at radius 1 is 1.05 bits per heavy atom. The van der Waals surface area contributed by atoms with Gasteiger partial charge >= 0.3 is 0 Å².